The number of piperazine rings is 1. The van der Waals surface area contributed by atoms with Gasteiger partial charge in [-0.15, -0.1) is 0 Å². The maximum Gasteiger partial charge on any atom is 0.317 e. The number of unbranched alkanes of at least 4 members (excludes halogenated alkanes) is 1. The van der Waals surface area contributed by atoms with Crippen molar-refractivity contribution in [2.45, 2.75) is 38.4 Å². The summed E-state index contributed by atoms with van der Waals surface area (Å²) in [7, 11) is 0. The van der Waals surface area contributed by atoms with Crippen molar-refractivity contribution in [1.82, 2.24) is 20.0 Å². The second-order valence-electron chi connectivity index (χ2n) is 7.24. The number of hydrogen-bond donors (Lipinski definition) is 1. The first-order chi connectivity index (χ1) is 11.0. The van der Waals surface area contributed by atoms with E-state index in [4.69, 9.17) is 0 Å². The van der Waals surface area contributed by atoms with Crippen LogP contribution in [0.15, 0.2) is 0 Å². The largest absolute Gasteiger partial charge is 0.338 e. The molecule has 2 amide bonds. The summed E-state index contributed by atoms with van der Waals surface area (Å²) in [4.78, 5) is 19.2. The third-order valence-corrected chi connectivity index (χ3v) is 6.10. The normalized spacial score (nSPS) is 23.0. The van der Waals surface area contributed by atoms with Crippen molar-refractivity contribution in [1.29, 1.82) is 0 Å². The second-order valence-corrected chi connectivity index (χ2v) is 9.05. The highest BCUT2D eigenvalue weighted by atomic mass is 32.2. The van der Waals surface area contributed by atoms with Crippen LogP contribution in [0, 0.1) is 0 Å². The molecule has 1 N–H and O–H groups in total. The number of likely N-dealkylation sites (N-methyl/N-ethyl adjacent to an activating group) is 1. The van der Waals surface area contributed by atoms with Gasteiger partial charge in [0, 0.05) is 56.3 Å². The SMILES string of the molecule is CCN1CCN(CCCCNC(=O)N2CCSC(C)(C)C2)CC1. The zero-order valence-electron chi connectivity index (χ0n) is 15.1. The lowest BCUT2D eigenvalue weighted by Crippen LogP contribution is -2.50. The Morgan fingerprint density at radius 3 is 2.43 bits per heavy atom. The molecule has 0 aromatic carbocycles. The summed E-state index contributed by atoms with van der Waals surface area (Å²) in [5.41, 5.74) is 0. The smallest absolute Gasteiger partial charge is 0.317 e. The minimum Gasteiger partial charge on any atom is -0.338 e. The summed E-state index contributed by atoms with van der Waals surface area (Å²) in [5, 5.41) is 3.10. The Kier molecular flexibility index (Phi) is 7.50. The van der Waals surface area contributed by atoms with Crippen LogP contribution in [0.3, 0.4) is 0 Å². The van der Waals surface area contributed by atoms with Crippen molar-refractivity contribution in [3.63, 3.8) is 0 Å². The lowest BCUT2D eigenvalue weighted by molar-refractivity contribution is 0.135. The lowest BCUT2D eigenvalue weighted by Gasteiger charge is -2.37. The molecule has 0 aromatic heterocycles. The van der Waals surface area contributed by atoms with Gasteiger partial charge in [0.05, 0.1) is 0 Å². The zero-order valence-corrected chi connectivity index (χ0v) is 16.0. The van der Waals surface area contributed by atoms with Crippen molar-refractivity contribution >= 4 is 17.8 Å². The third-order valence-electron chi connectivity index (χ3n) is 4.80. The van der Waals surface area contributed by atoms with E-state index in [1.807, 2.05) is 16.7 Å². The number of amides is 2. The van der Waals surface area contributed by atoms with E-state index in [0.29, 0.717) is 0 Å². The lowest BCUT2D eigenvalue weighted by atomic mass is 10.2. The monoisotopic (exact) mass is 342 g/mol. The number of carbonyl (C=O) groups is 1. The van der Waals surface area contributed by atoms with Crippen LogP contribution in [-0.4, -0.2) is 90.1 Å². The molecule has 0 aromatic rings. The summed E-state index contributed by atoms with van der Waals surface area (Å²) >= 11 is 1.96. The van der Waals surface area contributed by atoms with Crippen molar-refractivity contribution in [2.75, 3.05) is 64.7 Å². The van der Waals surface area contributed by atoms with E-state index in [1.165, 1.54) is 45.7 Å². The molecule has 2 aliphatic heterocycles. The maximum atomic E-state index is 12.2. The quantitative estimate of drug-likeness (QED) is 0.749. The molecule has 0 unspecified atom stereocenters. The number of carbonyl (C=O) groups excluding carboxylic acids is 1. The van der Waals surface area contributed by atoms with Gasteiger partial charge in [0.25, 0.3) is 0 Å². The molecule has 0 atom stereocenters. The molecule has 0 bridgehead atoms. The molecule has 0 radical (unpaired) electrons. The van der Waals surface area contributed by atoms with Gasteiger partial charge >= 0.3 is 6.03 Å². The minimum absolute atomic E-state index is 0.120. The highest BCUT2D eigenvalue weighted by Crippen LogP contribution is 2.29. The molecule has 23 heavy (non-hydrogen) atoms. The number of nitrogens with zero attached hydrogens (tertiary/aromatic N) is 3. The highest BCUT2D eigenvalue weighted by Gasteiger charge is 2.29. The predicted molar refractivity (Wildman–Crippen MR) is 99.3 cm³/mol. The molecule has 5 nitrogen and oxygen atoms in total. The van der Waals surface area contributed by atoms with E-state index in [1.54, 1.807) is 0 Å². The fourth-order valence-corrected chi connectivity index (χ4v) is 4.40. The first kappa shape index (κ1) is 18.9. The van der Waals surface area contributed by atoms with E-state index in [0.717, 1.165) is 31.8 Å². The number of nitrogens with one attached hydrogen (secondary N) is 1. The predicted octanol–water partition coefficient (Wildman–Crippen LogP) is 1.94. The van der Waals surface area contributed by atoms with Crippen LogP contribution in [0.1, 0.15) is 33.6 Å². The minimum atomic E-state index is 0.120. The fraction of sp³-hybridized carbons (Fsp3) is 0.941. The molecule has 134 valence electrons. The molecule has 0 spiro atoms. The standard InChI is InChI=1S/C17H34N4OS/c1-4-19-9-11-20(12-10-19)8-6-5-7-18-16(22)21-13-14-23-17(2,3)15-21/h4-15H2,1-3H3,(H,18,22). The summed E-state index contributed by atoms with van der Waals surface area (Å²) in [6.45, 7) is 16.3. The summed E-state index contributed by atoms with van der Waals surface area (Å²) in [6, 6.07) is 0.120. The van der Waals surface area contributed by atoms with E-state index in [-0.39, 0.29) is 10.8 Å². The average Bonchev–Trinajstić information content (AvgIpc) is 2.54. The Bertz CT molecular complexity index is 370. The number of urea groups is 1. The average molecular weight is 343 g/mol. The van der Waals surface area contributed by atoms with Crippen LogP contribution in [0.5, 0.6) is 0 Å². The molecule has 2 fully saturated rings. The van der Waals surface area contributed by atoms with Gasteiger partial charge in [-0.3, -0.25) is 0 Å². The van der Waals surface area contributed by atoms with E-state index >= 15 is 0 Å². The molecule has 0 aliphatic carbocycles. The molecular formula is C17H34N4OS. The van der Waals surface area contributed by atoms with Crippen LogP contribution in [0.25, 0.3) is 0 Å². The Hall–Kier alpha value is -0.460. The highest BCUT2D eigenvalue weighted by molar-refractivity contribution is 8.00. The van der Waals surface area contributed by atoms with Crippen LogP contribution in [-0.2, 0) is 0 Å². The van der Waals surface area contributed by atoms with Gasteiger partial charge in [-0.1, -0.05) is 6.92 Å². The molecule has 2 aliphatic rings. The van der Waals surface area contributed by atoms with Gasteiger partial charge in [0.2, 0.25) is 0 Å². The third kappa shape index (κ3) is 6.51. The van der Waals surface area contributed by atoms with Gasteiger partial charge in [-0.2, -0.15) is 11.8 Å². The molecule has 6 heteroatoms. The van der Waals surface area contributed by atoms with E-state index in [2.05, 4.69) is 35.9 Å². The second kappa shape index (κ2) is 9.14. The molecular weight excluding hydrogens is 308 g/mol. The van der Waals surface area contributed by atoms with Crippen molar-refractivity contribution < 1.29 is 4.79 Å². The first-order valence-corrected chi connectivity index (χ1v) is 10.1. The van der Waals surface area contributed by atoms with Gasteiger partial charge < -0.3 is 20.0 Å². The summed E-state index contributed by atoms with van der Waals surface area (Å²) in [5.74, 6) is 1.05. The van der Waals surface area contributed by atoms with Crippen LogP contribution >= 0.6 is 11.8 Å². The Labute approximate surface area is 146 Å². The molecule has 2 saturated heterocycles. The van der Waals surface area contributed by atoms with Crippen LogP contribution < -0.4 is 5.32 Å². The number of hydrogen-bond acceptors (Lipinski definition) is 4. The van der Waals surface area contributed by atoms with E-state index in [9.17, 15) is 4.79 Å². The van der Waals surface area contributed by atoms with Crippen molar-refractivity contribution in [3.05, 3.63) is 0 Å². The first-order valence-electron chi connectivity index (χ1n) is 9.11. The Morgan fingerprint density at radius 1 is 1.09 bits per heavy atom. The maximum absolute atomic E-state index is 12.2. The molecule has 2 heterocycles. The number of thioether (sulfide) groups is 1. The number of rotatable bonds is 6. The summed E-state index contributed by atoms with van der Waals surface area (Å²) in [6.07, 6.45) is 2.25. The molecule has 2 rings (SSSR count). The van der Waals surface area contributed by atoms with Crippen LogP contribution in [0.2, 0.25) is 0 Å². The van der Waals surface area contributed by atoms with Gasteiger partial charge in [-0.05, 0) is 39.8 Å². The zero-order chi connectivity index (χ0) is 16.7. The Balaban J connectivity index is 1.53. The Morgan fingerprint density at radius 2 is 1.78 bits per heavy atom. The van der Waals surface area contributed by atoms with Gasteiger partial charge in [0.1, 0.15) is 0 Å². The summed E-state index contributed by atoms with van der Waals surface area (Å²) < 4.78 is 0.191. The topological polar surface area (TPSA) is 38.8 Å². The van der Waals surface area contributed by atoms with Crippen LogP contribution in [0.4, 0.5) is 4.79 Å². The van der Waals surface area contributed by atoms with E-state index < -0.39 is 0 Å². The van der Waals surface area contributed by atoms with Gasteiger partial charge in [-0.25, -0.2) is 4.79 Å². The fourth-order valence-electron chi connectivity index (χ4n) is 3.29. The van der Waals surface area contributed by atoms with Crippen molar-refractivity contribution in [2.24, 2.45) is 0 Å². The molecule has 0 saturated carbocycles. The van der Waals surface area contributed by atoms with Gasteiger partial charge in [0.15, 0.2) is 0 Å². The van der Waals surface area contributed by atoms with Crippen molar-refractivity contribution in [3.8, 4) is 0 Å².